The SMILES string of the molecule is CCCC1(C(=O)N(C)Cc2ccc(C)cc2C)CCCN1. The summed E-state index contributed by atoms with van der Waals surface area (Å²) in [5.41, 5.74) is 3.45. The van der Waals surface area contributed by atoms with E-state index in [1.54, 1.807) is 0 Å². The molecule has 1 unspecified atom stereocenters. The van der Waals surface area contributed by atoms with Crippen LogP contribution in [0.25, 0.3) is 0 Å². The van der Waals surface area contributed by atoms with Crippen LogP contribution in [-0.4, -0.2) is 29.9 Å². The monoisotopic (exact) mass is 288 g/mol. The quantitative estimate of drug-likeness (QED) is 0.902. The van der Waals surface area contributed by atoms with E-state index in [2.05, 4.69) is 44.3 Å². The van der Waals surface area contributed by atoms with Gasteiger partial charge in [0.2, 0.25) is 5.91 Å². The van der Waals surface area contributed by atoms with Gasteiger partial charge in [-0.25, -0.2) is 0 Å². The Morgan fingerprint density at radius 2 is 2.14 bits per heavy atom. The average molecular weight is 288 g/mol. The molecule has 1 aromatic rings. The van der Waals surface area contributed by atoms with Gasteiger partial charge in [-0.2, -0.15) is 0 Å². The number of benzene rings is 1. The maximum absolute atomic E-state index is 12.9. The molecule has 1 aromatic carbocycles. The van der Waals surface area contributed by atoms with E-state index in [9.17, 15) is 4.79 Å². The van der Waals surface area contributed by atoms with Crippen LogP contribution in [0.2, 0.25) is 0 Å². The minimum atomic E-state index is -0.317. The third-order valence-corrected chi connectivity index (χ3v) is 4.58. The Morgan fingerprint density at radius 1 is 1.38 bits per heavy atom. The van der Waals surface area contributed by atoms with Gasteiger partial charge in [-0.1, -0.05) is 37.1 Å². The Hall–Kier alpha value is -1.35. The first-order chi connectivity index (χ1) is 9.98. The molecule has 0 aliphatic carbocycles. The fourth-order valence-electron chi connectivity index (χ4n) is 3.45. The Balaban J connectivity index is 2.11. The van der Waals surface area contributed by atoms with E-state index in [-0.39, 0.29) is 11.4 Å². The van der Waals surface area contributed by atoms with E-state index in [1.165, 1.54) is 16.7 Å². The van der Waals surface area contributed by atoms with E-state index in [0.29, 0.717) is 6.54 Å². The van der Waals surface area contributed by atoms with Crippen molar-refractivity contribution in [2.24, 2.45) is 0 Å². The maximum atomic E-state index is 12.9. The highest BCUT2D eigenvalue weighted by molar-refractivity contribution is 5.86. The molecule has 21 heavy (non-hydrogen) atoms. The van der Waals surface area contributed by atoms with Crippen molar-refractivity contribution < 1.29 is 4.79 Å². The number of likely N-dealkylation sites (N-methyl/N-ethyl adjacent to an activating group) is 1. The van der Waals surface area contributed by atoms with Crippen molar-refractivity contribution in [3.63, 3.8) is 0 Å². The number of amides is 1. The van der Waals surface area contributed by atoms with Gasteiger partial charge < -0.3 is 10.2 Å². The molecule has 1 heterocycles. The summed E-state index contributed by atoms with van der Waals surface area (Å²) in [4.78, 5) is 14.8. The number of carbonyl (C=O) groups excluding carboxylic acids is 1. The molecule has 1 saturated heterocycles. The molecular weight excluding hydrogens is 260 g/mol. The third-order valence-electron chi connectivity index (χ3n) is 4.58. The molecule has 1 fully saturated rings. The lowest BCUT2D eigenvalue weighted by atomic mass is 9.90. The molecule has 116 valence electrons. The first-order valence-electron chi connectivity index (χ1n) is 8.05. The molecular formula is C18H28N2O. The molecule has 0 radical (unpaired) electrons. The maximum Gasteiger partial charge on any atom is 0.242 e. The smallest absolute Gasteiger partial charge is 0.242 e. The molecule has 2 rings (SSSR count). The zero-order chi connectivity index (χ0) is 15.5. The molecule has 1 aliphatic heterocycles. The Labute approximate surface area is 128 Å². The van der Waals surface area contributed by atoms with Gasteiger partial charge in [0.1, 0.15) is 0 Å². The second-order valence-corrected chi connectivity index (χ2v) is 6.45. The normalized spacial score (nSPS) is 21.5. The molecule has 0 aromatic heterocycles. The molecule has 1 N–H and O–H groups in total. The number of hydrogen-bond acceptors (Lipinski definition) is 2. The van der Waals surface area contributed by atoms with Crippen LogP contribution in [0.4, 0.5) is 0 Å². The van der Waals surface area contributed by atoms with Crippen molar-refractivity contribution in [1.29, 1.82) is 0 Å². The van der Waals surface area contributed by atoms with Crippen molar-refractivity contribution in [2.75, 3.05) is 13.6 Å². The molecule has 1 atom stereocenters. The van der Waals surface area contributed by atoms with E-state index in [0.717, 1.165) is 32.2 Å². The van der Waals surface area contributed by atoms with Gasteiger partial charge in [-0.05, 0) is 50.8 Å². The first kappa shape index (κ1) is 16.0. The van der Waals surface area contributed by atoms with E-state index in [4.69, 9.17) is 0 Å². The molecule has 0 saturated carbocycles. The fraction of sp³-hybridized carbons (Fsp3) is 0.611. The average Bonchev–Trinajstić information content (AvgIpc) is 2.91. The van der Waals surface area contributed by atoms with Gasteiger partial charge in [-0.3, -0.25) is 4.79 Å². The molecule has 3 heteroatoms. The van der Waals surface area contributed by atoms with E-state index in [1.807, 2.05) is 11.9 Å². The van der Waals surface area contributed by atoms with Gasteiger partial charge in [0.15, 0.2) is 0 Å². The standard InChI is InChI=1S/C18H28N2O/c1-5-9-18(10-6-11-19-18)17(21)20(4)13-16-8-7-14(2)12-15(16)3/h7-8,12,19H,5-6,9-11,13H2,1-4H3. The highest BCUT2D eigenvalue weighted by Crippen LogP contribution is 2.27. The second kappa shape index (κ2) is 6.61. The molecule has 1 amide bonds. The molecule has 1 aliphatic rings. The first-order valence-corrected chi connectivity index (χ1v) is 8.05. The third kappa shape index (κ3) is 3.46. The Kier molecular flexibility index (Phi) is 5.04. The van der Waals surface area contributed by atoms with E-state index < -0.39 is 0 Å². The number of nitrogens with one attached hydrogen (secondary N) is 1. The summed E-state index contributed by atoms with van der Waals surface area (Å²) in [6.07, 6.45) is 4.04. The number of nitrogens with zero attached hydrogens (tertiary/aromatic N) is 1. The number of hydrogen-bond donors (Lipinski definition) is 1. The van der Waals surface area contributed by atoms with Crippen molar-refractivity contribution in [1.82, 2.24) is 10.2 Å². The van der Waals surface area contributed by atoms with Crippen LogP contribution in [0.1, 0.15) is 49.3 Å². The van der Waals surface area contributed by atoms with Crippen molar-refractivity contribution >= 4 is 5.91 Å². The topological polar surface area (TPSA) is 32.3 Å². The highest BCUT2D eigenvalue weighted by atomic mass is 16.2. The van der Waals surface area contributed by atoms with Crippen molar-refractivity contribution in [2.45, 2.75) is 58.5 Å². The molecule has 0 bridgehead atoms. The fourth-order valence-corrected chi connectivity index (χ4v) is 3.45. The van der Waals surface area contributed by atoms with Crippen LogP contribution in [0.3, 0.4) is 0 Å². The van der Waals surface area contributed by atoms with Crippen LogP contribution in [-0.2, 0) is 11.3 Å². The minimum absolute atomic E-state index is 0.252. The predicted molar refractivity (Wildman–Crippen MR) is 87.3 cm³/mol. The summed E-state index contributed by atoms with van der Waals surface area (Å²) in [6, 6.07) is 6.45. The second-order valence-electron chi connectivity index (χ2n) is 6.45. The van der Waals surface area contributed by atoms with Crippen LogP contribution >= 0.6 is 0 Å². The lowest BCUT2D eigenvalue weighted by molar-refractivity contribution is -0.137. The Morgan fingerprint density at radius 3 is 2.71 bits per heavy atom. The summed E-state index contributed by atoms with van der Waals surface area (Å²) in [7, 11) is 1.93. The van der Waals surface area contributed by atoms with Gasteiger partial charge in [0.05, 0.1) is 5.54 Å². The summed E-state index contributed by atoms with van der Waals surface area (Å²) in [6.45, 7) is 8.03. The Bertz CT molecular complexity index is 504. The summed E-state index contributed by atoms with van der Waals surface area (Å²) in [5.74, 6) is 0.252. The number of carbonyl (C=O) groups is 1. The molecule has 3 nitrogen and oxygen atoms in total. The van der Waals surface area contributed by atoms with Gasteiger partial charge in [0, 0.05) is 13.6 Å². The predicted octanol–water partition coefficient (Wildman–Crippen LogP) is 3.18. The lowest BCUT2D eigenvalue weighted by Gasteiger charge is -2.33. The summed E-state index contributed by atoms with van der Waals surface area (Å²) in [5, 5.41) is 3.47. The van der Waals surface area contributed by atoms with Crippen LogP contribution in [0.5, 0.6) is 0 Å². The van der Waals surface area contributed by atoms with Crippen LogP contribution < -0.4 is 5.32 Å². The van der Waals surface area contributed by atoms with Crippen molar-refractivity contribution in [3.05, 3.63) is 34.9 Å². The largest absolute Gasteiger partial charge is 0.340 e. The summed E-state index contributed by atoms with van der Waals surface area (Å²) < 4.78 is 0. The van der Waals surface area contributed by atoms with Crippen molar-refractivity contribution in [3.8, 4) is 0 Å². The minimum Gasteiger partial charge on any atom is -0.340 e. The zero-order valence-corrected chi connectivity index (χ0v) is 13.8. The van der Waals surface area contributed by atoms with Crippen LogP contribution in [0.15, 0.2) is 18.2 Å². The number of aryl methyl sites for hydroxylation is 2. The van der Waals surface area contributed by atoms with Crippen LogP contribution in [0, 0.1) is 13.8 Å². The zero-order valence-electron chi connectivity index (χ0n) is 13.8. The van der Waals surface area contributed by atoms with Gasteiger partial charge in [0.25, 0.3) is 0 Å². The van der Waals surface area contributed by atoms with Gasteiger partial charge >= 0.3 is 0 Å². The lowest BCUT2D eigenvalue weighted by Crippen LogP contribution is -2.53. The molecule has 0 spiro atoms. The van der Waals surface area contributed by atoms with Gasteiger partial charge in [-0.15, -0.1) is 0 Å². The number of rotatable bonds is 5. The highest BCUT2D eigenvalue weighted by Gasteiger charge is 2.41. The van der Waals surface area contributed by atoms with E-state index >= 15 is 0 Å². The summed E-state index contributed by atoms with van der Waals surface area (Å²) >= 11 is 0.